The normalized spacial score (nSPS) is 14.2. The number of phenols is 1. The van der Waals surface area contributed by atoms with Crippen LogP contribution in [0.2, 0.25) is 0 Å². The van der Waals surface area contributed by atoms with E-state index in [1.807, 2.05) is 6.07 Å². The van der Waals surface area contributed by atoms with Crippen LogP contribution in [0.3, 0.4) is 0 Å². The number of piperazine rings is 1. The molecule has 2 aromatic carbocycles. The second-order valence-electron chi connectivity index (χ2n) is 7.88. The Labute approximate surface area is 196 Å². The minimum Gasteiger partial charge on any atom is -0.507 e. The number of carbonyl (C=O) groups excluding carboxylic acids is 1. The van der Waals surface area contributed by atoms with E-state index in [1.165, 1.54) is 12.1 Å². The zero-order valence-electron chi connectivity index (χ0n) is 18.2. The summed E-state index contributed by atoms with van der Waals surface area (Å²) in [5, 5.41) is 17.7. The number of nitrogens with zero attached hydrogens (tertiary/aromatic N) is 3. The SMILES string of the molecule is NS(=O)(=O)c1ccc(O)c(C(=O)NCc2ccnc(N3CCN(c4ccc(F)cc4)CC3)c2)c1. The van der Waals surface area contributed by atoms with Crippen molar-refractivity contribution in [3.63, 3.8) is 0 Å². The first-order chi connectivity index (χ1) is 16.2. The molecular weight excluding hydrogens is 461 g/mol. The lowest BCUT2D eigenvalue weighted by molar-refractivity contribution is 0.0948. The fraction of sp³-hybridized carbons (Fsp3) is 0.217. The average molecular weight is 486 g/mol. The molecule has 1 aliphatic rings. The van der Waals surface area contributed by atoms with Gasteiger partial charge in [-0.05, 0) is 60.2 Å². The Morgan fingerprint density at radius 2 is 1.71 bits per heavy atom. The van der Waals surface area contributed by atoms with Crippen molar-refractivity contribution < 1.29 is 22.7 Å². The van der Waals surface area contributed by atoms with Crippen molar-refractivity contribution in [1.29, 1.82) is 0 Å². The van der Waals surface area contributed by atoms with E-state index in [0.29, 0.717) is 0 Å². The fourth-order valence-corrected chi connectivity index (χ4v) is 4.28. The van der Waals surface area contributed by atoms with E-state index in [9.17, 15) is 22.7 Å². The third-order valence-corrected chi connectivity index (χ3v) is 6.51. The number of hydrogen-bond acceptors (Lipinski definition) is 7. The van der Waals surface area contributed by atoms with Crippen LogP contribution in [0.5, 0.6) is 5.75 Å². The minimum atomic E-state index is -4.01. The van der Waals surface area contributed by atoms with Crippen LogP contribution in [-0.4, -0.2) is 50.6 Å². The van der Waals surface area contributed by atoms with E-state index in [2.05, 4.69) is 20.1 Å². The molecule has 11 heteroatoms. The molecule has 4 N–H and O–H groups in total. The van der Waals surface area contributed by atoms with Gasteiger partial charge in [0.1, 0.15) is 17.4 Å². The quantitative estimate of drug-likeness (QED) is 0.486. The van der Waals surface area contributed by atoms with Crippen molar-refractivity contribution >= 4 is 27.4 Å². The predicted octanol–water partition coefficient (Wildman–Crippen LogP) is 1.83. The number of hydrogen-bond donors (Lipinski definition) is 3. The molecule has 0 spiro atoms. The van der Waals surface area contributed by atoms with Gasteiger partial charge in [-0.3, -0.25) is 4.79 Å². The number of carbonyl (C=O) groups is 1. The third kappa shape index (κ3) is 5.43. The molecule has 1 aliphatic heterocycles. The number of aromatic hydroxyl groups is 1. The number of sulfonamides is 1. The molecule has 0 atom stereocenters. The number of nitrogens with one attached hydrogen (secondary N) is 1. The van der Waals surface area contributed by atoms with Gasteiger partial charge in [-0.1, -0.05) is 0 Å². The largest absolute Gasteiger partial charge is 0.507 e. The summed E-state index contributed by atoms with van der Waals surface area (Å²) in [6.07, 6.45) is 1.66. The smallest absolute Gasteiger partial charge is 0.255 e. The molecule has 1 aromatic heterocycles. The molecule has 0 saturated carbocycles. The summed E-state index contributed by atoms with van der Waals surface area (Å²) in [5.41, 5.74) is 1.58. The highest BCUT2D eigenvalue weighted by Crippen LogP contribution is 2.22. The summed E-state index contributed by atoms with van der Waals surface area (Å²) < 4.78 is 36.2. The summed E-state index contributed by atoms with van der Waals surface area (Å²) in [4.78, 5) is 21.0. The number of nitrogens with two attached hydrogens (primary N) is 1. The number of halogens is 1. The lowest BCUT2D eigenvalue weighted by Crippen LogP contribution is -2.46. The van der Waals surface area contributed by atoms with Crippen LogP contribution >= 0.6 is 0 Å². The monoisotopic (exact) mass is 485 g/mol. The molecule has 3 aromatic rings. The second kappa shape index (κ2) is 9.65. The standard InChI is InChI=1S/C23H24FN5O4S/c24-17-1-3-18(4-2-17)28-9-11-29(12-10-28)22-13-16(7-8-26-22)15-27-23(31)20-14-19(34(25,32)33)5-6-21(20)30/h1-8,13-14,30H,9-12,15H2,(H,27,31)(H2,25,32,33). The van der Waals surface area contributed by atoms with Crippen molar-refractivity contribution in [3.8, 4) is 5.75 Å². The van der Waals surface area contributed by atoms with Crippen LogP contribution in [0.4, 0.5) is 15.9 Å². The van der Waals surface area contributed by atoms with Gasteiger partial charge < -0.3 is 20.2 Å². The van der Waals surface area contributed by atoms with Crippen LogP contribution in [0, 0.1) is 5.82 Å². The number of primary sulfonamides is 1. The van der Waals surface area contributed by atoms with Crippen LogP contribution < -0.4 is 20.3 Å². The lowest BCUT2D eigenvalue weighted by atomic mass is 10.1. The third-order valence-electron chi connectivity index (χ3n) is 5.60. The molecular formula is C23H24FN5O4S. The first kappa shape index (κ1) is 23.5. The first-order valence-corrected chi connectivity index (χ1v) is 12.1. The Bertz CT molecular complexity index is 1290. The first-order valence-electron chi connectivity index (χ1n) is 10.5. The molecule has 178 valence electrons. The Kier molecular flexibility index (Phi) is 6.66. The van der Waals surface area contributed by atoms with Gasteiger partial charge in [0.15, 0.2) is 0 Å². The van der Waals surface area contributed by atoms with Crippen LogP contribution in [-0.2, 0) is 16.6 Å². The molecule has 0 radical (unpaired) electrons. The molecule has 0 unspecified atom stereocenters. The Morgan fingerprint density at radius 1 is 1.03 bits per heavy atom. The molecule has 1 saturated heterocycles. The molecule has 34 heavy (non-hydrogen) atoms. The van der Waals surface area contributed by atoms with Crippen LogP contribution in [0.1, 0.15) is 15.9 Å². The van der Waals surface area contributed by atoms with E-state index in [0.717, 1.165) is 61.4 Å². The number of pyridine rings is 1. The van der Waals surface area contributed by atoms with E-state index in [1.54, 1.807) is 24.4 Å². The van der Waals surface area contributed by atoms with E-state index in [4.69, 9.17) is 5.14 Å². The van der Waals surface area contributed by atoms with Crippen molar-refractivity contribution in [2.24, 2.45) is 5.14 Å². The average Bonchev–Trinajstić information content (AvgIpc) is 2.83. The molecule has 1 fully saturated rings. The molecule has 2 heterocycles. The predicted molar refractivity (Wildman–Crippen MR) is 126 cm³/mol. The summed E-state index contributed by atoms with van der Waals surface area (Å²) in [6, 6.07) is 13.4. The van der Waals surface area contributed by atoms with Crippen molar-refractivity contribution in [2.75, 3.05) is 36.0 Å². The zero-order chi connectivity index (χ0) is 24.3. The topological polar surface area (TPSA) is 129 Å². The number of phenolic OH excluding ortho intramolecular Hbond substituents is 1. The van der Waals surface area contributed by atoms with Crippen molar-refractivity contribution in [3.05, 3.63) is 77.7 Å². The number of anilines is 2. The highest BCUT2D eigenvalue weighted by atomic mass is 32.2. The van der Waals surface area contributed by atoms with Crippen molar-refractivity contribution in [1.82, 2.24) is 10.3 Å². The number of rotatable bonds is 6. The summed E-state index contributed by atoms with van der Waals surface area (Å²) in [7, 11) is -4.01. The lowest BCUT2D eigenvalue weighted by Gasteiger charge is -2.36. The van der Waals surface area contributed by atoms with Gasteiger partial charge >= 0.3 is 0 Å². The maximum absolute atomic E-state index is 13.2. The van der Waals surface area contributed by atoms with Gasteiger partial charge in [0, 0.05) is 44.6 Å². The maximum Gasteiger partial charge on any atom is 0.255 e. The van der Waals surface area contributed by atoms with Gasteiger partial charge in [0.25, 0.3) is 5.91 Å². The summed E-state index contributed by atoms with van der Waals surface area (Å²) in [5.74, 6) is -0.471. The van der Waals surface area contributed by atoms with Crippen LogP contribution in [0.15, 0.2) is 65.7 Å². The number of aromatic nitrogens is 1. The molecule has 4 rings (SSSR count). The molecule has 0 aliphatic carbocycles. The molecule has 0 bridgehead atoms. The van der Waals surface area contributed by atoms with Gasteiger partial charge in [0.2, 0.25) is 10.0 Å². The number of benzene rings is 2. The van der Waals surface area contributed by atoms with Crippen molar-refractivity contribution in [2.45, 2.75) is 11.4 Å². The van der Waals surface area contributed by atoms with Crippen LogP contribution in [0.25, 0.3) is 0 Å². The second-order valence-corrected chi connectivity index (χ2v) is 9.44. The highest BCUT2D eigenvalue weighted by Gasteiger charge is 2.19. The van der Waals surface area contributed by atoms with Gasteiger partial charge in [-0.2, -0.15) is 0 Å². The van der Waals surface area contributed by atoms with E-state index < -0.39 is 15.9 Å². The fourth-order valence-electron chi connectivity index (χ4n) is 3.74. The molecule has 1 amide bonds. The molecule has 9 nitrogen and oxygen atoms in total. The maximum atomic E-state index is 13.2. The minimum absolute atomic E-state index is 0.156. The Balaban J connectivity index is 1.38. The summed E-state index contributed by atoms with van der Waals surface area (Å²) >= 11 is 0. The Morgan fingerprint density at radius 3 is 2.38 bits per heavy atom. The number of amides is 1. The van der Waals surface area contributed by atoms with E-state index in [-0.39, 0.29) is 28.6 Å². The zero-order valence-corrected chi connectivity index (χ0v) is 19.0. The van der Waals surface area contributed by atoms with Gasteiger partial charge in [0.05, 0.1) is 10.5 Å². The summed E-state index contributed by atoms with van der Waals surface area (Å²) in [6.45, 7) is 3.13. The van der Waals surface area contributed by atoms with Gasteiger partial charge in [-0.25, -0.2) is 22.9 Å². The highest BCUT2D eigenvalue weighted by molar-refractivity contribution is 7.89. The van der Waals surface area contributed by atoms with Gasteiger partial charge in [-0.15, -0.1) is 0 Å². The van der Waals surface area contributed by atoms with E-state index >= 15 is 0 Å². The Hall–Kier alpha value is -3.70.